The van der Waals surface area contributed by atoms with E-state index in [2.05, 4.69) is 5.32 Å². The molecule has 0 bridgehead atoms. The summed E-state index contributed by atoms with van der Waals surface area (Å²) in [6.07, 6.45) is -0.657. The van der Waals surface area contributed by atoms with Crippen molar-refractivity contribution in [3.05, 3.63) is 39.7 Å². The van der Waals surface area contributed by atoms with Crippen molar-refractivity contribution >= 4 is 11.8 Å². The first kappa shape index (κ1) is 13.3. The van der Waals surface area contributed by atoms with Crippen LogP contribution in [0, 0.1) is 21.3 Å². The molecule has 102 valence electrons. The first-order valence-electron chi connectivity index (χ1n) is 5.68. The summed E-state index contributed by atoms with van der Waals surface area (Å²) >= 11 is 0. The number of cyclic esters (lactones) is 1. The Hall–Kier alpha value is -2.18. The van der Waals surface area contributed by atoms with Gasteiger partial charge >= 0.3 is 6.09 Å². The lowest BCUT2D eigenvalue weighted by Gasteiger charge is -2.38. The average Bonchev–Trinajstić information content (AvgIpc) is 2.33. The zero-order chi connectivity index (χ0) is 14.2. The number of carbonyl (C=O) groups is 1. The third-order valence-electron chi connectivity index (χ3n) is 3.12. The normalized spacial score (nSPS) is 21.4. The Morgan fingerprint density at radius 1 is 1.53 bits per heavy atom. The highest BCUT2D eigenvalue weighted by Gasteiger charge is 2.39. The third kappa shape index (κ3) is 2.49. The van der Waals surface area contributed by atoms with E-state index in [0.29, 0.717) is 0 Å². The predicted octanol–water partition coefficient (Wildman–Crippen LogP) is 2.54. The smallest absolute Gasteiger partial charge is 0.407 e. The molecule has 0 unspecified atom stereocenters. The molecule has 1 fully saturated rings. The number of hydrogen-bond acceptors (Lipinski definition) is 4. The number of non-ortho nitro benzene ring substituents is 1. The summed E-state index contributed by atoms with van der Waals surface area (Å²) in [5.74, 6) is -0.592. The van der Waals surface area contributed by atoms with Crippen molar-refractivity contribution in [2.45, 2.75) is 19.9 Å². The van der Waals surface area contributed by atoms with Gasteiger partial charge in [-0.2, -0.15) is 0 Å². The van der Waals surface area contributed by atoms with Crippen molar-refractivity contribution in [1.82, 2.24) is 5.32 Å². The molecule has 1 aliphatic rings. The van der Waals surface area contributed by atoms with E-state index in [1.165, 1.54) is 0 Å². The van der Waals surface area contributed by atoms with Gasteiger partial charge in [0.05, 0.1) is 11.0 Å². The number of nitro benzene ring substituents is 1. The number of benzene rings is 1. The SMILES string of the molecule is CC1(C)COC(=O)N[C@@H]1c1cc([N+](=O)[O-])ccc1F. The molecule has 1 aliphatic heterocycles. The van der Waals surface area contributed by atoms with Gasteiger partial charge in [-0.05, 0) is 6.07 Å². The molecular formula is C12H13FN2O4. The lowest BCUT2D eigenvalue weighted by molar-refractivity contribution is -0.385. The van der Waals surface area contributed by atoms with Gasteiger partial charge in [0.2, 0.25) is 0 Å². The minimum Gasteiger partial charge on any atom is -0.449 e. The fourth-order valence-corrected chi connectivity index (χ4v) is 2.05. The van der Waals surface area contributed by atoms with Crippen LogP contribution in [0.2, 0.25) is 0 Å². The number of halogens is 1. The van der Waals surface area contributed by atoms with Gasteiger partial charge in [0.15, 0.2) is 0 Å². The quantitative estimate of drug-likeness (QED) is 0.660. The third-order valence-corrected chi connectivity index (χ3v) is 3.12. The first-order valence-corrected chi connectivity index (χ1v) is 5.68. The largest absolute Gasteiger partial charge is 0.449 e. The van der Waals surface area contributed by atoms with Crippen LogP contribution < -0.4 is 5.32 Å². The zero-order valence-corrected chi connectivity index (χ0v) is 10.5. The Morgan fingerprint density at radius 2 is 2.21 bits per heavy atom. The van der Waals surface area contributed by atoms with Gasteiger partial charge < -0.3 is 10.1 Å². The van der Waals surface area contributed by atoms with Crippen molar-refractivity contribution in [2.75, 3.05) is 6.61 Å². The molecule has 0 aliphatic carbocycles. The van der Waals surface area contributed by atoms with E-state index >= 15 is 0 Å². The average molecular weight is 268 g/mol. The van der Waals surface area contributed by atoms with Crippen LogP contribution in [-0.2, 0) is 4.74 Å². The standard InChI is InChI=1S/C12H13FN2O4/c1-12(2)6-19-11(16)14-10(12)8-5-7(15(17)18)3-4-9(8)13/h3-5,10H,6H2,1-2H3,(H,14,16)/t10-/m1/s1. The minimum absolute atomic E-state index is 0.0934. The summed E-state index contributed by atoms with van der Waals surface area (Å²) in [6.45, 7) is 3.69. The fourth-order valence-electron chi connectivity index (χ4n) is 2.05. The molecule has 1 aromatic rings. The number of carbonyl (C=O) groups excluding carboxylic acids is 1. The fraction of sp³-hybridized carbons (Fsp3) is 0.417. The van der Waals surface area contributed by atoms with Crippen molar-refractivity contribution in [3.63, 3.8) is 0 Å². The van der Waals surface area contributed by atoms with E-state index in [9.17, 15) is 19.3 Å². The maximum absolute atomic E-state index is 13.9. The Labute approximate surface area is 108 Å². The number of nitro groups is 1. The van der Waals surface area contributed by atoms with E-state index in [0.717, 1.165) is 18.2 Å². The van der Waals surface area contributed by atoms with Gasteiger partial charge in [0, 0.05) is 23.1 Å². The number of hydrogen-bond donors (Lipinski definition) is 1. The number of ether oxygens (including phenoxy) is 1. The van der Waals surface area contributed by atoms with E-state index in [-0.39, 0.29) is 17.9 Å². The summed E-state index contributed by atoms with van der Waals surface area (Å²) in [5.41, 5.74) is -0.687. The molecule has 19 heavy (non-hydrogen) atoms. The van der Waals surface area contributed by atoms with Gasteiger partial charge in [-0.25, -0.2) is 9.18 Å². The topological polar surface area (TPSA) is 81.5 Å². The molecule has 7 heteroatoms. The van der Waals surface area contributed by atoms with Crippen LogP contribution in [0.15, 0.2) is 18.2 Å². The van der Waals surface area contributed by atoms with Gasteiger partial charge in [-0.15, -0.1) is 0 Å². The number of rotatable bonds is 2. The highest BCUT2D eigenvalue weighted by molar-refractivity contribution is 5.69. The summed E-state index contributed by atoms with van der Waals surface area (Å²) in [6, 6.07) is 2.60. The molecule has 1 amide bonds. The summed E-state index contributed by atoms with van der Waals surface area (Å²) in [7, 11) is 0. The van der Waals surface area contributed by atoms with Gasteiger partial charge in [-0.3, -0.25) is 10.1 Å². The van der Waals surface area contributed by atoms with Crippen molar-refractivity contribution in [1.29, 1.82) is 0 Å². The number of amides is 1. The molecule has 1 atom stereocenters. The summed E-state index contributed by atoms with van der Waals surface area (Å²) in [4.78, 5) is 21.4. The molecule has 1 N–H and O–H groups in total. The van der Waals surface area contributed by atoms with E-state index in [1.54, 1.807) is 13.8 Å². The molecule has 0 aromatic heterocycles. The molecule has 0 radical (unpaired) electrons. The zero-order valence-electron chi connectivity index (χ0n) is 10.5. The molecule has 1 heterocycles. The number of nitrogens with zero attached hydrogens (tertiary/aromatic N) is 1. The van der Waals surface area contributed by atoms with Crippen molar-refractivity contribution in [3.8, 4) is 0 Å². The monoisotopic (exact) mass is 268 g/mol. The van der Waals surface area contributed by atoms with Crippen LogP contribution in [0.3, 0.4) is 0 Å². The Bertz CT molecular complexity index is 545. The molecule has 1 aromatic carbocycles. The van der Waals surface area contributed by atoms with E-state index in [4.69, 9.17) is 4.74 Å². The van der Waals surface area contributed by atoms with Crippen LogP contribution in [-0.4, -0.2) is 17.6 Å². The van der Waals surface area contributed by atoms with Crippen molar-refractivity contribution in [2.24, 2.45) is 5.41 Å². The second kappa shape index (κ2) is 4.49. The second-order valence-corrected chi connectivity index (χ2v) is 5.10. The van der Waals surface area contributed by atoms with Gasteiger partial charge in [0.25, 0.3) is 5.69 Å². The van der Waals surface area contributed by atoms with Gasteiger partial charge in [0.1, 0.15) is 12.4 Å². The molecule has 0 spiro atoms. The maximum Gasteiger partial charge on any atom is 0.407 e. The Balaban J connectivity index is 2.46. The van der Waals surface area contributed by atoms with Crippen LogP contribution in [0.1, 0.15) is 25.5 Å². The van der Waals surface area contributed by atoms with Crippen LogP contribution >= 0.6 is 0 Å². The molecule has 2 rings (SSSR count). The molecule has 1 saturated heterocycles. The minimum atomic E-state index is -0.673. The van der Waals surface area contributed by atoms with Gasteiger partial charge in [-0.1, -0.05) is 13.8 Å². The predicted molar refractivity (Wildman–Crippen MR) is 64.1 cm³/mol. The van der Waals surface area contributed by atoms with E-state index < -0.39 is 28.3 Å². The lowest BCUT2D eigenvalue weighted by Crippen LogP contribution is -2.47. The van der Waals surface area contributed by atoms with Crippen LogP contribution in [0.5, 0.6) is 0 Å². The molecule has 0 saturated carbocycles. The second-order valence-electron chi connectivity index (χ2n) is 5.10. The summed E-state index contributed by atoms with van der Waals surface area (Å²) in [5, 5.41) is 13.3. The van der Waals surface area contributed by atoms with Crippen LogP contribution in [0.25, 0.3) is 0 Å². The first-order chi connectivity index (χ1) is 8.81. The highest BCUT2D eigenvalue weighted by atomic mass is 19.1. The molecule has 6 nitrogen and oxygen atoms in total. The van der Waals surface area contributed by atoms with E-state index in [1.807, 2.05) is 0 Å². The lowest BCUT2D eigenvalue weighted by atomic mass is 9.80. The summed E-state index contributed by atoms with van der Waals surface area (Å²) < 4.78 is 18.7. The highest BCUT2D eigenvalue weighted by Crippen LogP contribution is 2.38. The van der Waals surface area contributed by atoms with Crippen molar-refractivity contribution < 1.29 is 18.8 Å². The number of nitrogens with one attached hydrogen (secondary N) is 1. The Kier molecular flexibility index (Phi) is 3.13. The van der Waals surface area contributed by atoms with Crippen LogP contribution in [0.4, 0.5) is 14.9 Å². The Morgan fingerprint density at radius 3 is 2.84 bits per heavy atom. The molecular weight excluding hydrogens is 255 g/mol. The maximum atomic E-state index is 13.9. The number of alkyl carbamates (subject to hydrolysis) is 1.